The molecule has 1 atom stereocenters. The van der Waals surface area contributed by atoms with Crippen molar-refractivity contribution in [2.45, 2.75) is 11.6 Å². The van der Waals surface area contributed by atoms with Crippen LogP contribution in [0.15, 0.2) is 11.4 Å². The van der Waals surface area contributed by atoms with Crippen molar-refractivity contribution in [3.63, 3.8) is 0 Å². The Morgan fingerprint density at radius 2 is 2.50 bits per heavy atom. The van der Waals surface area contributed by atoms with Gasteiger partial charge in [-0.2, -0.15) is 4.37 Å². The van der Waals surface area contributed by atoms with Gasteiger partial charge in [0.25, 0.3) is 0 Å². The number of aromatic nitrogens is 1. The molecule has 1 aliphatic rings. The highest BCUT2D eigenvalue weighted by Gasteiger charge is 2.43. The molecule has 0 bridgehead atoms. The lowest BCUT2D eigenvalue weighted by Crippen LogP contribution is -2.56. The van der Waals surface area contributed by atoms with Crippen LogP contribution < -0.4 is 5.73 Å². The minimum Gasteiger partial charge on any atom is -0.383 e. The maximum atomic E-state index is 9.76. The molecule has 1 aromatic heterocycles. The molecule has 0 spiro atoms. The van der Waals surface area contributed by atoms with E-state index in [0.29, 0.717) is 13.2 Å². The third kappa shape index (κ3) is 1.15. The smallest absolute Gasteiger partial charge is 0.132 e. The van der Waals surface area contributed by atoms with Gasteiger partial charge in [-0.25, -0.2) is 0 Å². The molecule has 1 aromatic rings. The lowest BCUT2D eigenvalue weighted by Gasteiger charge is -2.40. The van der Waals surface area contributed by atoms with Crippen LogP contribution in [0.1, 0.15) is 11.7 Å². The van der Waals surface area contributed by atoms with E-state index in [1.807, 2.05) is 11.4 Å². The predicted octanol–water partition coefficient (Wildman–Crippen LogP) is -0.0958. The number of nitrogens with two attached hydrogens (primary N) is 1. The van der Waals surface area contributed by atoms with Gasteiger partial charge in [-0.3, -0.25) is 0 Å². The van der Waals surface area contributed by atoms with E-state index in [1.54, 1.807) is 0 Å². The monoisotopic (exact) mass is 186 g/mol. The first-order valence-corrected chi connectivity index (χ1v) is 4.52. The van der Waals surface area contributed by atoms with Gasteiger partial charge in [-0.1, -0.05) is 0 Å². The zero-order valence-corrected chi connectivity index (χ0v) is 7.25. The standard InChI is InChI=1S/C7H10N2O2S/c8-6(5-1-2-12-9-5)7(10)3-11-4-7/h1-2,6,10H,3-4,8H2. The maximum Gasteiger partial charge on any atom is 0.132 e. The minimum absolute atomic E-state index is 0.311. The SMILES string of the molecule is NC(c1ccsn1)C1(O)COC1. The van der Waals surface area contributed by atoms with Crippen LogP contribution in [0.2, 0.25) is 0 Å². The van der Waals surface area contributed by atoms with Crippen molar-refractivity contribution in [2.75, 3.05) is 13.2 Å². The van der Waals surface area contributed by atoms with Gasteiger partial charge in [-0.15, -0.1) is 0 Å². The number of nitrogens with zero attached hydrogens (tertiary/aromatic N) is 1. The van der Waals surface area contributed by atoms with E-state index in [0.717, 1.165) is 5.69 Å². The third-order valence-corrected chi connectivity index (χ3v) is 2.63. The van der Waals surface area contributed by atoms with E-state index < -0.39 is 11.6 Å². The summed E-state index contributed by atoms with van der Waals surface area (Å²) in [5.74, 6) is 0. The Morgan fingerprint density at radius 1 is 1.75 bits per heavy atom. The third-order valence-electron chi connectivity index (χ3n) is 2.06. The van der Waals surface area contributed by atoms with Crippen LogP contribution in [0.3, 0.4) is 0 Å². The van der Waals surface area contributed by atoms with Crippen LogP contribution >= 0.6 is 11.5 Å². The molecule has 5 heteroatoms. The molecule has 66 valence electrons. The summed E-state index contributed by atoms with van der Waals surface area (Å²) in [4.78, 5) is 0. The fraction of sp³-hybridized carbons (Fsp3) is 0.571. The highest BCUT2D eigenvalue weighted by atomic mass is 32.1. The van der Waals surface area contributed by atoms with Gasteiger partial charge >= 0.3 is 0 Å². The molecule has 12 heavy (non-hydrogen) atoms. The van der Waals surface area contributed by atoms with Crippen LogP contribution in [0.4, 0.5) is 0 Å². The molecule has 0 saturated carbocycles. The highest BCUT2D eigenvalue weighted by molar-refractivity contribution is 7.03. The topological polar surface area (TPSA) is 68.4 Å². The summed E-state index contributed by atoms with van der Waals surface area (Å²) in [6.07, 6.45) is 0. The van der Waals surface area contributed by atoms with Gasteiger partial charge in [-0.05, 0) is 17.6 Å². The Hall–Kier alpha value is -0.490. The van der Waals surface area contributed by atoms with Crippen molar-refractivity contribution in [3.8, 4) is 0 Å². The molecule has 1 unspecified atom stereocenters. The molecule has 1 fully saturated rings. The zero-order chi connectivity index (χ0) is 8.60. The maximum absolute atomic E-state index is 9.76. The number of hydrogen-bond acceptors (Lipinski definition) is 5. The van der Waals surface area contributed by atoms with Crippen molar-refractivity contribution >= 4 is 11.5 Å². The van der Waals surface area contributed by atoms with Crippen LogP contribution in [0.25, 0.3) is 0 Å². The zero-order valence-electron chi connectivity index (χ0n) is 6.43. The normalized spacial score (nSPS) is 23.2. The summed E-state index contributed by atoms with van der Waals surface area (Å²) in [5, 5.41) is 11.6. The van der Waals surface area contributed by atoms with Crippen LogP contribution in [-0.2, 0) is 4.74 Å². The molecule has 2 rings (SSSR count). The molecule has 0 radical (unpaired) electrons. The van der Waals surface area contributed by atoms with Crippen molar-refractivity contribution < 1.29 is 9.84 Å². The Kier molecular flexibility index (Phi) is 1.88. The summed E-state index contributed by atoms with van der Waals surface area (Å²) < 4.78 is 8.97. The second-order valence-electron chi connectivity index (χ2n) is 3.00. The van der Waals surface area contributed by atoms with E-state index in [2.05, 4.69) is 4.37 Å². The van der Waals surface area contributed by atoms with Crippen molar-refractivity contribution in [2.24, 2.45) is 5.73 Å². The average Bonchev–Trinajstić information content (AvgIpc) is 2.50. The molecule has 2 heterocycles. The van der Waals surface area contributed by atoms with Gasteiger partial charge in [0.2, 0.25) is 0 Å². The Morgan fingerprint density at radius 3 is 2.92 bits per heavy atom. The van der Waals surface area contributed by atoms with Gasteiger partial charge < -0.3 is 15.6 Å². The van der Waals surface area contributed by atoms with Crippen LogP contribution in [-0.4, -0.2) is 28.3 Å². The van der Waals surface area contributed by atoms with Gasteiger partial charge in [0, 0.05) is 5.38 Å². The largest absolute Gasteiger partial charge is 0.383 e. The lowest BCUT2D eigenvalue weighted by atomic mass is 9.91. The first-order valence-electron chi connectivity index (χ1n) is 3.68. The Bertz CT molecular complexity index is 258. The number of rotatable bonds is 2. The van der Waals surface area contributed by atoms with Gasteiger partial charge in [0.1, 0.15) is 5.60 Å². The van der Waals surface area contributed by atoms with Crippen LogP contribution in [0, 0.1) is 0 Å². The molecule has 4 nitrogen and oxygen atoms in total. The average molecular weight is 186 g/mol. The second kappa shape index (κ2) is 2.77. The quantitative estimate of drug-likeness (QED) is 0.677. The number of hydrogen-bond donors (Lipinski definition) is 2. The fourth-order valence-corrected chi connectivity index (χ4v) is 1.71. The van der Waals surface area contributed by atoms with Crippen molar-refractivity contribution in [1.82, 2.24) is 4.37 Å². The molecule has 1 saturated heterocycles. The van der Waals surface area contributed by atoms with E-state index >= 15 is 0 Å². The number of aliphatic hydroxyl groups is 1. The first kappa shape index (κ1) is 8.12. The summed E-state index contributed by atoms with van der Waals surface area (Å²) in [6, 6.07) is 1.41. The fourth-order valence-electron chi connectivity index (χ4n) is 1.15. The molecular weight excluding hydrogens is 176 g/mol. The predicted molar refractivity (Wildman–Crippen MR) is 44.8 cm³/mol. The summed E-state index contributed by atoms with van der Waals surface area (Å²) in [7, 11) is 0. The molecule has 0 aliphatic carbocycles. The molecule has 0 amide bonds. The molecular formula is C7H10N2O2S. The lowest BCUT2D eigenvalue weighted by molar-refractivity contribution is -0.191. The van der Waals surface area contributed by atoms with E-state index in [4.69, 9.17) is 10.5 Å². The first-order chi connectivity index (χ1) is 5.72. The molecule has 1 aliphatic heterocycles. The summed E-state index contributed by atoms with van der Waals surface area (Å²) in [6.45, 7) is 0.622. The minimum atomic E-state index is -0.895. The van der Waals surface area contributed by atoms with Crippen LogP contribution in [0.5, 0.6) is 0 Å². The Balaban J connectivity index is 2.14. The molecule has 3 N–H and O–H groups in total. The van der Waals surface area contributed by atoms with Crippen molar-refractivity contribution in [3.05, 3.63) is 17.1 Å². The van der Waals surface area contributed by atoms with Crippen molar-refractivity contribution in [1.29, 1.82) is 0 Å². The van der Waals surface area contributed by atoms with E-state index in [-0.39, 0.29) is 0 Å². The van der Waals surface area contributed by atoms with E-state index in [1.165, 1.54) is 11.5 Å². The van der Waals surface area contributed by atoms with Gasteiger partial charge in [0.05, 0.1) is 24.9 Å². The highest BCUT2D eigenvalue weighted by Crippen LogP contribution is 2.29. The second-order valence-corrected chi connectivity index (χ2v) is 3.66. The van der Waals surface area contributed by atoms with Gasteiger partial charge in [0.15, 0.2) is 0 Å². The summed E-state index contributed by atoms with van der Waals surface area (Å²) in [5.41, 5.74) is 5.64. The van der Waals surface area contributed by atoms with E-state index in [9.17, 15) is 5.11 Å². The Labute approximate surface area is 74.1 Å². The summed E-state index contributed by atoms with van der Waals surface area (Å²) >= 11 is 1.34. The molecule has 0 aromatic carbocycles. The number of ether oxygens (including phenoxy) is 1.